The smallest absolute Gasteiger partial charge is 0.386 e. The number of alkyl halides is 3. The number of para-hydroxylation sites is 1. The number of aromatic nitrogens is 5. The number of nitrogens with zero attached hydrogens (tertiary/aromatic N) is 6. The van der Waals surface area contributed by atoms with E-state index in [1.807, 2.05) is 23.0 Å². The number of halogens is 3. The van der Waals surface area contributed by atoms with Gasteiger partial charge in [-0.15, -0.1) is 0 Å². The van der Waals surface area contributed by atoms with E-state index in [9.17, 15) is 37.5 Å². The fourth-order valence-corrected chi connectivity index (χ4v) is 8.09. The average Bonchev–Trinajstić information content (AvgIpc) is 3.70. The van der Waals surface area contributed by atoms with Crippen LogP contribution in [0, 0.1) is 17.8 Å². The van der Waals surface area contributed by atoms with Crippen molar-refractivity contribution in [2.24, 2.45) is 13.0 Å². The number of hydrogen-bond donors (Lipinski definition) is 3. The molecule has 1 aliphatic carbocycles. The third kappa shape index (κ3) is 8.41. The van der Waals surface area contributed by atoms with Gasteiger partial charge in [-0.05, 0) is 95.3 Å². The van der Waals surface area contributed by atoms with Gasteiger partial charge in [-0.25, -0.2) is 9.78 Å². The van der Waals surface area contributed by atoms with E-state index in [0.717, 1.165) is 50.9 Å². The van der Waals surface area contributed by atoms with Crippen molar-refractivity contribution in [3.63, 3.8) is 0 Å². The molecule has 7 rings (SSSR count). The fourth-order valence-electron chi connectivity index (χ4n) is 8.09. The monoisotopic (exact) mass is 798 g/mol. The second kappa shape index (κ2) is 15.9. The second-order valence-corrected chi connectivity index (χ2v) is 15.8. The molecule has 3 N–H and O–H groups in total. The van der Waals surface area contributed by atoms with Crippen molar-refractivity contribution in [1.82, 2.24) is 34.1 Å². The van der Waals surface area contributed by atoms with Crippen LogP contribution >= 0.6 is 0 Å². The van der Waals surface area contributed by atoms with Crippen molar-refractivity contribution >= 4 is 45.3 Å². The number of imidazole rings is 1. The average molecular weight is 799 g/mol. The van der Waals surface area contributed by atoms with Crippen molar-refractivity contribution in [1.29, 1.82) is 0 Å². The highest BCUT2D eigenvalue weighted by Gasteiger charge is 2.34. The van der Waals surface area contributed by atoms with E-state index in [1.165, 1.54) is 15.2 Å². The Hall–Kier alpha value is -5.79. The Bertz CT molecular complexity index is 2530. The Labute approximate surface area is 332 Å². The number of pyridine rings is 1. The minimum atomic E-state index is -4.70. The number of carbonyl (C=O) groups excluding carboxylic acids is 3. The summed E-state index contributed by atoms with van der Waals surface area (Å²) in [4.78, 5) is 56.3. The van der Waals surface area contributed by atoms with Crippen LogP contribution in [0.15, 0.2) is 59.5 Å². The maximum atomic E-state index is 13.2. The molecule has 13 nitrogen and oxygen atoms in total. The maximum Gasteiger partial charge on any atom is 0.433 e. The first-order valence-electron chi connectivity index (χ1n) is 19.3. The lowest BCUT2D eigenvalue weighted by Gasteiger charge is -2.31. The van der Waals surface area contributed by atoms with Crippen LogP contribution in [0.2, 0.25) is 0 Å². The molecule has 5 aromatic rings. The third-order valence-electron chi connectivity index (χ3n) is 11.1. The largest absolute Gasteiger partial charge is 0.433 e. The molecule has 1 atom stereocenters. The molecule has 3 amide bonds. The van der Waals surface area contributed by atoms with Gasteiger partial charge in [-0.3, -0.25) is 33.5 Å². The molecule has 1 aliphatic heterocycles. The van der Waals surface area contributed by atoms with Crippen molar-refractivity contribution in [2.75, 3.05) is 25.5 Å². The Morgan fingerprint density at radius 2 is 1.79 bits per heavy atom. The van der Waals surface area contributed by atoms with Gasteiger partial charge in [0.2, 0.25) is 11.8 Å². The first-order valence-corrected chi connectivity index (χ1v) is 19.3. The van der Waals surface area contributed by atoms with Gasteiger partial charge in [0, 0.05) is 55.8 Å². The van der Waals surface area contributed by atoms with Gasteiger partial charge >= 0.3 is 11.9 Å². The normalized spacial score (nSPS) is 19.0. The van der Waals surface area contributed by atoms with Gasteiger partial charge in [0.05, 0.1) is 33.8 Å². The van der Waals surface area contributed by atoms with Gasteiger partial charge in [-0.1, -0.05) is 24.0 Å². The first kappa shape index (κ1) is 40.4. The minimum absolute atomic E-state index is 0.154. The molecule has 0 spiro atoms. The van der Waals surface area contributed by atoms with Crippen LogP contribution in [0.4, 0.5) is 18.9 Å². The molecular formula is C42H45F3N8O5. The van der Waals surface area contributed by atoms with Crippen LogP contribution < -0.4 is 16.3 Å². The number of carbonyl (C=O) groups is 3. The summed E-state index contributed by atoms with van der Waals surface area (Å²) in [6, 6.07) is 11.4. The van der Waals surface area contributed by atoms with Gasteiger partial charge in [-0.2, -0.15) is 18.3 Å². The molecule has 2 aliphatic rings. The number of benzene rings is 2. The molecule has 1 unspecified atom stereocenters. The summed E-state index contributed by atoms with van der Waals surface area (Å²) in [6.07, 6.45) is 2.08. The topological polar surface area (TPSA) is 156 Å². The molecule has 2 fully saturated rings. The number of aliphatic hydroxyl groups is 1. The van der Waals surface area contributed by atoms with Gasteiger partial charge in [0.25, 0.3) is 5.91 Å². The number of imide groups is 1. The number of rotatable bonds is 9. The van der Waals surface area contributed by atoms with Crippen LogP contribution in [0.1, 0.15) is 98.2 Å². The van der Waals surface area contributed by atoms with Crippen molar-refractivity contribution < 1.29 is 32.7 Å². The lowest BCUT2D eigenvalue weighted by Crippen LogP contribution is -2.44. The van der Waals surface area contributed by atoms with E-state index in [0.29, 0.717) is 45.4 Å². The zero-order valence-corrected chi connectivity index (χ0v) is 32.7. The predicted molar refractivity (Wildman–Crippen MR) is 211 cm³/mol. The highest BCUT2D eigenvalue weighted by Crippen LogP contribution is 2.36. The molecule has 1 saturated heterocycles. The molecule has 16 heteroatoms. The van der Waals surface area contributed by atoms with E-state index in [-0.39, 0.29) is 36.2 Å². The summed E-state index contributed by atoms with van der Waals surface area (Å²) in [6.45, 7) is 4.79. The zero-order valence-electron chi connectivity index (χ0n) is 32.7. The van der Waals surface area contributed by atoms with Gasteiger partial charge in [0.1, 0.15) is 17.4 Å². The van der Waals surface area contributed by atoms with Crippen molar-refractivity contribution in [3.8, 4) is 11.8 Å². The van der Waals surface area contributed by atoms with Crippen molar-refractivity contribution in [3.05, 3.63) is 87.7 Å². The number of aryl methyl sites for hydroxylation is 1. The highest BCUT2D eigenvalue weighted by atomic mass is 19.4. The van der Waals surface area contributed by atoms with Crippen LogP contribution in [0.3, 0.4) is 0 Å². The summed E-state index contributed by atoms with van der Waals surface area (Å²) in [5.41, 5.74) is -0.0936. The SMILES string of the molecule is CN(CCC#Cc1cccc2c1n(C)c(=O)n2C1CCC(=O)NC1=O)CC1CCC(n2cc3cc(NC(=O)c4cccc(C(F)(F)F)n4)c(C(C)(C)O)cc3n2)CC1. The molecule has 0 bridgehead atoms. The molecule has 2 aromatic carbocycles. The number of amides is 3. The van der Waals surface area contributed by atoms with Gasteiger partial charge in [0.15, 0.2) is 0 Å². The third-order valence-corrected chi connectivity index (χ3v) is 11.1. The molecular weight excluding hydrogens is 754 g/mol. The van der Waals surface area contributed by atoms with E-state index in [2.05, 4.69) is 39.4 Å². The Kier molecular flexibility index (Phi) is 11.1. The van der Waals surface area contributed by atoms with E-state index >= 15 is 0 Å². The minimum Gasteiger partial charge on any atom is -0.386 e. The van der Waals surface area contributed by atoms with E-state index in [1.54, 1.807) is 39.1 Å². The lowest BCUT2D eigenvalue weighted by molar-refractivity contribution is -0.141. The molecule has 4 heterocycles. The van der Waals surface area contributed by atoms with Crippen LogP contribution in [0.25, 0.3) is 21.9 Å². The second-order valence-electron chi connectivity index (χ2n) is 15.8. The predicted octanol–water partition coefficient (Wildman–Crippen LogP) is 5.67. The number of nitrogens with one attached hydrogen (secondary N) is 2. The lowest BCUT2D eigenvalue weighted by atomic mass is 9.86. The van der Waals surface area contributed by atoms with Crippen molar-refractivity contribution in [2.45, 2.75) is 82.7 Å². The highest BCUT2D eigenvalue weighted by molar-refractivity contribution is 6.04. The summed E-state index contributed by atoms with van der Waals surface area (Å²) >= 11 is 0. The number of piperidine rings is 1. The summed E-state index contributed by atoms with van der Waals surface area (Å²) in [5.74, 6) is 5.34. The first-order chi connectivity index (χ1) is 27.5. The van der Waals surface area contributed by atoms with Crippen LogP contribution in [-0.4, -0.2) is 71.8 Å². The summed E-state index contributed by atoms with van der Waals surface area (Å²) in [5, 5.41) is 21.5. The molecule has 1 saturated carbocycles. The van der Waals surface area contributed by atoms with E-state index < -0.39 is 41.0 Å². The Morgan fingerprint density at radius 3 is 2.50 bits per heavy atom. The molecule has 0 radical (unpaired) electrons. The maximum absolute atomic E-state index is 13.2. The Balaban J connectivity index is 0.958. The zero-order chi connectivity index (χ0) is 41.5. The van der Waals surface area contributed by atoms with E-state index in [4.69, 9.17) is 5.10 Å². The molecule has 304 valence electrons. The summed E-state index contributed by atoms with van der Waals surface area (Å²) in [7, 11) is 3.74. The standard InChI is InChI=1S/C42H45F3N8O5/c1-41(2,58)29-22-31-27(21-32(29)47-38(55)30-11-8-13-35(46-30)42(43,44)45)24-52(49-31)28-16-14-25(15-17-28)23-50(3)20-6-5-9-26-10-7-12-33-37(26)51(4)40(57)53(33)34-18-19-36(54)48-39(34)56/h7-8,10-13,21-22,24-25,28,34,58H,6,14-20,23H2,1-4H3,(H,47,55)(H,48,54,56). The molecule has 58 heavy (non-hydrogen) atoms. The Morgan fingerprint density at radius 1 is 1.05 bits per heavy atom. The number of anilines is 1. The quantitative estimate of drug-likeness (QED) is 0.127. The molecule has 3 aromatic heterocycles. The fraction of sp³-hybridized carbons (Fsp3) is 0.429. The van der Waals surface area contributed by atoms with Crippen LogP contribution in [-0.2, 0) is 28.4 Å². The van der Waals surface area contributed by atoms with Gasteiger partial charge < -0.3 is 15.3 Å². The number of fused-ring (bicyclic) bond motifs is 2. The number of hydrogen-bond acceptors (Lipinski definition) is 8. The summed E-state index contributed by atoms with van der Waals surface area (Å²) < 4.78 is 44.6. The van der Waals surface area contributed by atoms with Crippen LogP contribution in [0.5, 0.6) is 0 Å².